The molecule has 0 atom stereocenters. The highest BCUT2D eigenvalue weighted by Gasteiger charge is 2.29. The molecule has 5 heteroatoms. The van der Waals surface area contributed by atoms with Crippen molar-refractivity contribution in [3.05, 3.63) is 18.0 Å². The molecule has 0 unspecified atom stereocenters. The standard InChI is InChI=1S/C18H25N3O2/c1-5-7-12-10-21(11-12)18-13-8-15(22-3)16(23-4)9-14(13)19-17(6-2)20-18/h8-9,12H,5-7,10-11H2,1-4H3. The Bertz CT molecular complexity index is 696. The van der Waals surface area contributed by atoms with Crippen molar-refractivity contribution in [1.29, 1.82) is 0 Å². The van der Waals surface area contributed by atoms with E-state index in [9.17, 15) is 0 Å². The Balaban J connectivity index is 2.05. The molecule has 0 spiro atoms. The third-order valence-electron chi connectivity index (χ3n) is 4.50. The van der Waals surface area contributed by atoms with Crippen LogP contribution in [0, 0.1) is 5.92 Å². The average Bonchev–Trinajstić information content (AvgIpc) is 2.55. The highest BCUT2D eigenvalue weighted by Crippen LogP contribution is 2.37. The van der Waals surface area contributed by atoms with Gasteiger partial charge >= 0.3 is 0 Å². The normalized spacial score (nSPS) is 14.9. The first-order valence-corrected chi connectivity index (χ1v) is 8.37. The molecule has 3 rings (SSSR count). The van der Waals surface area contributed by atoms with E-state index in [1.165, 1.54) is 12.8 Å². The van der Waals surface area contributed by atoms with E-state index in [1.54, 1.807) is 14.2 Å². The lowest BCUT2D eigenvalue weighted by molar-refractivity contribution is 0.355. The largest absolute Gasteiger partial charge is 0.493 e. The van der Waals surface area contributed by atoms with Crippen LogP contribution in [-0.4, -0.2) is 37.3 Å². The SMILES string of the molecule is CCCC1CN(c2nc(CC)nc3cc(OC)c(OC)cc23)C1. The molecule has 2 aromatic rings. The summed E-state index contributed by atoms with van der Waals surface area (Å²) in [6.45, 7) is 6.49. The molecule has 124 valence electrons. The second kappa shape index (κ2) is 6.60. The first kappa shape index (κ1) is 15.8. The van der Waals surface area contributed by atoms with Gasteiger partial charge in [0.15, 0.2) is 11.5 Å². The monoisotopic (exact) mass is 315 g/mol. The molecule has 23 heavy (non-hydrogen) atoms. The molecule has 0 saturated carbocycles. The van der Waals surface area contributed by atoms with Gasteiger partial charge in [0.2, 0.25) is 0 Å². The lowest BCUT2D eigenvalue weighted by Crippen LogP contribution is -2.47. The predicted octanol–water partition coefficient (Wildman–Crippen LogP) is 3.45. The molecule has 1 saturated heterocycles. The van der Waals surface area contributed by atoms with Gasteiger partial charge in [-0.3, -0.25) is 0 Å². The molecular weight excluding hydrogens is 290 g/mol. The summed E-state index contributed by atoms with van der Waals surface area (Å²) in [5.41, 5.74) is 0.920. The van der Waals surface area contributed by atoms with Gasteiger partial charge in [0, 0.05) is 31.0 Å². The fourth-order valence-corrected chi connectivity index (χ4v) is 3.22. The fourth-order valence-electron chi connectivity index (χ4n) is 3.22. The lowest BCUT2D eigenvalue weighted by Gasteiger charge is -2.40. The van der Waals surface area contributed by atoms with Gasteiger partial charge in [0.1, 0.15) is 11.6 Å². The molecule has 2 heterocycles. The number of hydrogen-bond acceptors (Lipinski definition) is 5. The van der Waals surface area contributed by atoms with Gasteiger partial charge in [-0.15, -0.1) is 0 Å². The Hall–Kier alpha value is -2.04. The van der Waals surface area contributed by atoms with E-state index >= 15 is 0 Å². The molecule has 1 fully saturated rings. The van der Waals surface area contributed by atoms with Gasteiger partial charge in [-0.2, -0.15) is 0 Å². The van der Waals surface area contributed by atoms with Crippen LogP contribution in [0.25, 0.3) is 10.9 Å². The molecule has 0 radical (unpaired) electrons. The average molecular weight is 315 g/mol. The predicted molar refractivity (Wildman–Crippen MR) is 92.6 cm³/mol. The van der Waals surface area contributed by atoms with Gasteiger partial charge in [-0.1, -0.05) is 20.3 Å². The summed E-state index contributed by atoms with van der Waals surface area (Å²) in [5.74, 6) is 4.12. The summed E-state index contributed by atoms with van der Waals surface area (Å²) in [6, 6.07) is 3.94. The number of rotatable bonds is 6. The van der Waals surface area contributed by atoms with Crippen molar-refractivity contribution in [2.75, 3.05) is 32.2 Å². The molecular formula is C18H25N3O2. The van der Waals surface area contributed by atoms with E-state index < -0.39 is 0 Å². The highest BCUT2D eigenvalue weighted by molar-refractivity contribution is 5.92. The molecule has 1 aromatic carbocycles. The minimum atomic E-state index is 0.708. The van der Waals surface area contributed by atoms with E-state index in [0.717, 1.165) is 53.7 Å². The topological polar surface area (TPSA) is 47.5 Å². The van der Waals surface area contributed by atoms with E-state index in [-0.39, 0.29) is 0 Å². The van der Waals surface area contributed by atoms with E-state index in [4.69, 9.17) is 14.5 Å². The molecule has 1 aliphatic heterocycles. The Morgan fingerprint density at radius 1 is 1.09 bits per heavy atom. The fraction of sp³-hybridized carbons (Fsp3) is 0.556. The first-order valence-electron chi connectivity index (χ1n) is 8.37. The molecule has 0 N–H and O–H groups in total. The van der Waals surface area contributed by atoms with Crippen LogP contribution in [0.5, 0.6) is 11.5 Å². The van der Waals surface area contributed by atoms with Crippen LogP contribution < -0.4 is 14.4 Å². The van der Waals surface area contributed by atoms with E-state index in [0.29, 0.717) is 5.75 Å². The number of benzene rings is 1. The Morgan fingerprint density at radius 3 is 2.39 bits per heavy atom. The number of anilines is 1. The van der Waals surface area contributed by atoms with Crippen molar-refractivity contribution in [3.8, 4) is 11.5 Å². The van der Waals surface area contributed by atoms with Crippen LogP contribution in [0.15, 0.2) is 12.1 Å². The Kier molecular flexibility index (Phi) is 4.55. The van der Waals surface area contributed by atoms with Crippen molar-refractivity contribution < 1.29 is 9.47 Å². The van der Waals surface area contributed by atoms with Crippen LogP contribution in [0.4, 0.5) is 5.82 Å². The van der Waals surface area contributed by atoms with Crippen LogP contribution in [-0.2, 0) is 6.42 Å². The smallest absolute Gasteiger partial charge is 0.162 e. The summed E-state index contributed by atoms with van der Waals surface area (Å²) in [6.07, 6.45) is 3.36. The maximum absolute atomic E-state index is 5.45. The highest BCUT2D eigenvalue weighted by atomic mass is 16.5. The van der Waals surface area contributed by atoms with Crippen molar-refractivity contribution in [2.24, 2.45) is 5.92 Å². The second-order valence-electron chi connectivity index (χ2n) is 6.10. The number of aryl methyl sites for hydroxylation is 1. The third-order valence-corrected chi connectivity index (χ3v) is 4.50. The van der Waals surface area contributed by atoms with Crippen molar-refractivity contribution in [3.63, 3.8) is 0 Å². The van der Waals surface area contributed by atoms with Crippen LogP contribution >= 0.6 is 0 Å². The number of fused-ring (bicyclic) bond motifs is 1. The molecule has 1 aromatic heterocycles. The van der Waals surface area contributed by atoms with Crippen LogP contribution in [0.3, 0.4) is 0 Å². The number of hydrogen-bond donors (Lipinski definition) is 0. The van der Waals surface area contributed by atoms with Crippen molar-refractivity contribution in [1.82, 2.24) is 9.97 Å². The Morgan fingerprint density at radius 2 is 1.78 bits per heavy atom. The van der Waals surface area contributed by atoms with E-state index in [2.05, 4.69) is 23.7 Å². The summed E-state index contributed by atoms with van der Waals surface area (Å²) in [4.78, 5) is 11.8. The summed E-state index contributed by atoms with van der Waals surface area (Å²) in [7, 11) is 3.31. The van der Waals surface area contributed by atoms with Gasteiger partial charge < -0.3 is 14.4 Å². The number of methoxy groups -OCH3 is 2. The lowest BCUT2D eigenvalue weighted by atomic mass is 9.94. The van der Waals surface area contributed by atoms with E-state index in [1.807, 2.05) is 12.1 Å². The molecule has 0 amide bonds. The number of ether oxygens (including phenoxy) is 2. The maximum atomic E-state index is 5.45. The van der Waals surface area contributed by atoms with Crippen LogP contribution in [0.2, 0.25) is 0 Å². The maximum Gasteiger partial charge on any atom is 0.162 e. The molecule has 1 aliphatic rings. The van der Waals surface area contributed by atoms with Gasteiger partial charge in [-0.25, -0.2) is 9.97 Å². The second-order valence-corrected chi connectivity index (χ2v) is 6.10. The molecule has 0 bridgehead atoms. The summed E-state index contributed by atoms with van der Waals surface area (Å²) >= 11 is 0. The number of aromatic nitrogens is 2. The first-order chi connectivity index (χ1) is 11.2. The summed E-state index contributed by atoms with van der Waals surface area (Å²) in [5, 5.41) is 1.04. The molecule has 5 nitrogen and oxygen atoms in total. The van der Waals surface area contributed by atoms with Crippen molar-refractivity contribution >= 4 is 16.7 Å². The van der Waals surface area contributed by atoms with Crippen LogP contribution in [0.1, 0.15) is 32.5 Å². The summed E-state index contributed by atoms with van der Waals surface area (Å²) < 4.78 is 10.9. The third kappa shape index (κ3) is 2.92. The van der Waals surface area contributed by atoms with Gasteiger partial charge in [-0.05, 0) is 18.4 Å². The van der Waals surface area contributed by atoms with Crippen molar-refractivity contribution in [2.45, 2.75) is 33.1 Å². The van der Waals surface area contributed by atoms with Gasteiger partial charge in [0.25, 0.3) is 0 Å². The minimum absolute atomic E-state index is 0.708. The Labute approximate surface area is 137 Å². The zero-order chi connectivity index (χ0) is 16.4. The molecule has 0 aliphatic carbocycles. The zero-order valence-corrected chi connectivity index (χ0v) is 14.4. The quantitative estimate of drug-likeness (QED) is 0.817. The zero-order valence-electron chi connectivity index (χ0n) is 14.4. The number of nitrogens with zero attached hydrogens (tertiary/aromatic N) is 3. The van der Waals surface area contributed by atoms with Gasteiger partial charge in [0.05, 0.1) is 19.7 Å². The minimum Gasteiger partial charge on any atom is -0.493 e.